The van der Waals surface area contributed by atoms with Crippen molar-refractivity contribution in [3.63, 3.8) is 0 Å². The van der Waals surface area contributed by atoms with E-state index in [0.29, 0.717) is 24.4 Å². The van der Waals surface area contributed by atoms with Crippen LogP contribution in [0.5, 0.6) is 5.75 Å². The molecule has 10 nitrogen and oxygen atoms in total. The number of rotatable bonds is 6. The zero-order chi connectivity index (χ0) is 25.1. The van der Waals surface area contributed by atoms with Crippen LogP contribution in [-0.4, -0.2) is 64.7 Å². The number of likely N-dealkylation sites (tertiary alicyclic amines) is 1. The molecule has 0 radical (unpaired) electrons. The third-order valence-corrected chi connectivity index (χ3v) is 5.99. The average Bonchev–Trinajstić information content (AvgIpc) is 3.30. The van der Waals surface area contributed by atoms with Crippen molar-refractivity contribution in [1.82, 2.24) is 20.0 Å². The van der Waals surface area contributed by atoms with Gasteiger partial charge in [-0.05, 0) is 44.9 Å². The van der Waals surface area contributed by atoms with Gasteiger partial charge in [0.25, 0.3) is 11.8 Å². The van der Waals surface area contributed by atoms with Crippen molar-refractivity contribution in [2.45, 2.75) is 38.8 Å². The normalized spacial score (nSPS) is 17.7. The lowest BCUT2D eigenvalue weighted by molar-refractivity contribution is 0.0590. The molecule has 2 atom stereocenters. The molecule has 1 saturated heterocycles. The Kier molecular flexibility index (Phi) is 6.94. The number of esters is 1. The molecule has 1 aliphatic rings. The molecule has 1 aromatic carbocycles. The van der Waals surface area contributed by atoms with Gasteiger partial charge in [0.2, 0.25) is 0 Å². The minimum absolute atomic E-state index is 0.0768. The second kappa shape index (κ2) is 10.1. The quantitative estimate of drug-likeness (QED) is 0.526. The number of carbonyl (C=O) groups excluding carboxylic acids is 2. The molecule has 0 aliphatic carbocycles. The summed E-state index contributed by atoms with van der Waals surface area (Å²) in [6.07, 6.45) is 2.88. The van der Waals surface area contributed by atoms with Crippen molar-refractivity contribution >= 4 is 17.7 Å². The summed E-state index contributed by atoms with van der Waals surface area (Å²) in [5, 5.41) is 6.99. The summed E-state index contributed by atoms with van der Waals surface area (Å²) in [5.41, 5.74) is 0.274. The highest BCUT2D eigenvalue weighted by atomic mass is 19.1. The average molecular weight is 484 g/mol. The highest BCUT2D eigenvalue weighted by Gasteiger charge is 2.34. The highest BCUT2D eigenvalue weighted by Crippen LogP contribution is 2.31. The first-order valence-corrected chi connectivity index (χ1v) is 11.1. The van der Waals surface area contributed by atoms with Crippen LogP contribution in [0, 0.1) is 12.7 Å². The molecule has 0 saturated carbocycles. The smallest absolute Gasteiger partial charge is 0.345 e. The second-order valence-electron chi connectivity index (χ2n) is 8.26. The highest BCUT2D eigenvalue weighted by molar-refractivity contribution is 6.00. The lowest BCUT2D eigenvalue weighted by atomic mass is 9.96. The maximum Gasteiger partial charge on any atom is 0.345 e. The molecule has 184 valence electrons. The fourth-order valence-electron chi connectivity index (χ4n) is 4.19. The Morgan fingerprint density at radius 2 is 2.00 bits per heavy atom. The molecule has 35 heavy (non-hydrogen) atoms. The van der Waals surface area contributed by atoms with Gasteiger partial charge in [0.05, 0.1) is 25.3 Å². The molecular formula is C24H26FN5O5. The molecule has 2 aromatic heterocycles. The molecule has 1 aliphatic heterocycles. The fraction of sp³-hybridized carbons (Fsp3) is 0.375. The van der Waals surface area contributed by atoms with Gasteiger partial charge in [0, 0.05) is 24.8 Å². The first-order chi connectivity index (χ1) is 16.8. The predicted octanol–water partition coefficient (Wildman–Crippen LogP) is 3.48. The van der Waals surface area contributed by atoms with Crippen LogP contribution < -0.4 is 10.1 Å². The number of nitrogens with one attached hydrogen (secondary N) is 1. The first kappa shape index (κ1) is 24.1. The van der Waals surface area contributed by atoms with Gasteiger partial charge in [-0.15, -0.1) is 0 Å². The number of benzene rings is 1. The van der Waals surface area contributed by atoms with Crippen LogP contribution in [0.1, 0.15) is 46.3 Å². The van der Waals surface area contributed by atoms with Gasteiger partial charge in [-0.3, -0.25) is 4.79 Å². The molecule has 3 heterocycles. The zero-order valence-electron chi connectivity index (χ0n) is 19.9. The minimum atomic E-state index is -0.673. The third kappa shape index (κ3) is 4.79. The Bertz CT molecular complexity index is 1250. The van der Waals surface area contributed by atoms with Gasteiger partial charge in [-0.25, -0.2) is 14.2 Å². The van der Waals surface area contributed by atoms with Gasteiger partial charge in [-0.2, -0.15) is 4.98 Å². The summed E-state index contributed by atoms with van der Waals surface area (Å²) in [4.78, 5) is 36.0. The second-order valence-corrected chi connectivity index (χ2v) is 8.26. The molecule has 0 spiro atoms. The Labute approximate surface area is 201 Å². The van der Waals surface area contributed by atoms with Crippen LogP contribution >= 0.6 is 0 Å². The summed E-state index contributed by atoms with van der Waals surface area (Å²) in [6, 6.07) is 5.47. The van der Waals surface area contributed by atoms with Crippen LogP contribution in [0.4, 0.5) is 10.2 Å². The van der Waals surface area contributed by atoms with Gasteiger partial charge in [0.1, 0.15) is 22.9 Å². The van der Waals surface area contributed by atoms with Crippen LogP contribution in [-0.2, 0) is 4.74 Å². The number of aryl methyl sites for hydroxylation is 1. The van der Waals surface area contributed by atoms with Crippen LogP contribution in [0.2, 0.25) is 0 Å². The molecule has 2 unspecified atom stereocenters. The van der Waals surface area contributed by atoms with E-state index in [4.69, 9.17) is 14.0 Å². The Morgan fingerprint density at radius 1 is 1.20 bits per heavy atom. The van der Waals surface area contributed by atoms with E-state index in [1.165, 1.54) is 32.5 Å². The number of pyridine rings is 1. The molecule has 1 amide bonds. The van der Waals surface area contributed by atoms with E-state index in [2.05, 4.69) is 20.4 Å². The topological polar surface area (TPSA) is 120 Å². The van der Waals surface area contributed by atoms with Crippen LogP contribution in [0.15, 0.2) is 35.0 Å². The van der Waals surface area contributed by atoms with E-state index < -0.39 is 17.7 Å². The first-order valence-electron chi connectivity index (χ1n) is 11.1. The summed E-state index contributed by atoms with van der Waals surface area (Å²) >= 11 is 0. The Balaban J connectivity index is 1.62. The SMILES string of the molecule is COC(=O)c1c(OC)ccnc1NC1CCC(C)N(C(=O)c2c(F)cccc2-c2nc(C)no2)C1. The van der Waals surface area contributed by atoms with Crippen molar-refractivity contribution in [3.05, 3.63) is 53.2 Å². The summed E-state index contributed by atoms with van der Waals surface area (Å²) in [7, 11) is 2.73. The molecule has 11 heteroatoms. The van der Waals surface area contributed by atoms with E-state index in [1.54, 1.807) is 24.0 Å². The number of anilines is 1. The van der Waals surface area contributed by atoms with Crippen LogP contribution in [0.3, 0.4) is 0 Å². The lowest BCUT2D eigenvalue weighted by Crippen LogP contribution is -2.50. The predicted molar refractivity (Wildman–Crippen MR) is 124 cm³/mol. The van der Waals surface area contributed by atoms with Crippen molar-refractivity contribution in [1.29, 1.82) is 0 Å². The van der Waals surface area contributed by atoms with Gasteiger partial charge < -0.3 is 24.2 Å². The number of aromatic nitrogens is 3. The fourth-order valence-corrected chi connectivity index (χ4v) is 4.19. The summed E-state index contributed by atoms with van der Waals surface area (Å²) in [5.74, 6) is -0.694. The number of hydrogen-bond donors (Lipinski definition) is 1. The van der Waals surface area contributed by atoms with E-state index in [1.807, 2.05) is 6.92 Å². The largest absolute Gasteiger partial charge is 0.496 e. The monoisotopic (exact) mass is 483 g/mol. The number of piperidine rings is 1. The Hall–Kier alpha value is -4.02. The number of methoxy groups -OCH3 is 2. The maximum atomic E-state index is 15.0. The summed E-state index contributed by atoms with van der Waals surface area (Å²) in [6.45, 7) is 3.82. The Morgan fingerprint density at radius 3 is 2.69 bits per heavy atom. The van der Waals surface area contributed by atoms with E-state index in [-0.39, 0.29) is 47.0 Å². The van der Waals surface area contributed by atoms with Crippen molar-refractivity contribution in [2.75, 3.05) is 26.1 Å². The molecule has 1 fully saturated rings. The number of carbonyl (C=O) groups is 2. The molecule has 1 N–H and O–H groups in total. The number of amides is 1. The maximum absolute atomic E-state index is 15.0. The van der Waals surface area contributed by atoms with E-state index in [9.17, 15) is 14.0 Å². The number of hydrogen-bond acceptors (Lipinski definition) is 9. The molecule has 4 rings (SSSR count). The van der Waals surface area contributed by atoms with Crippen molar-refractivity contribution in [2.24, 2.45) is 0 Å². The van der Waals surface area contributed by atoms with Crippen LogP contribution in [0.25, 0.3) is 11.5 Å². The van der Waals surface area contributed by atoms with Crippen molar-refractivity contribution < 1.29 is 28.0 Å². The van der Waals surface area contributed by atoms with Gasteiger partial charge in [-0.1, -0.05) is 11.2 Å². The number of ether oxygens (including phenoxy) is 2. The lowest BCUT2D eigenvalue weighted by Gasteiger charge is -2.39. The third-order valence-electron chi connectivity index (χ3n) is 5.99. The number of nitrogens with zero attached hydrogens (tertiary/aromatic N) is 4. The number of halogens is 1. The molecule has 0 bridgehead atoms. The van der Waals surface area contributed by atoms with Gasteiger partial charge in [0.15, 0.2) is 5.82 Å². The van der Waals surface area contributed by atoms with E-state index >= 15 is 0 Å². The standard InChI is InChI=1S/C24H26FN5O5/c1-13-8-9-15(28-21-20(24(32)34-4)18(33-3)10-11-26-21)12-30(13)23(31)19-16(6-5-7-17(19)25)22-27-14(2)29-35-22/h5-7,10-11,13,15H,8-9,12H2,1-4H3,(H,26,28). The zero-order valence-corrected chi connectivity index (χ0v) is 19.9. The molecular weight excluding hydrogens is 457 g/mol. The van der Waals surface area contributed by atoms with Crippen molar-refractivity contribution in [3.8, 4) is 17.2 Å². The summed E-state index contributed by atoms with van der Waals surface area (Å²) < 4.78 is 30.3. The van der Waals surface area contributed by atoms with Gasteiger partial charge >= 0.3 is 5.97 Å². The minimum Gasteiger partial charge on any atom is -0.496 e. The molecule has 3 aromatic rings. The van der Waals surface area contributed by atoms with E-state index in [0.717, 1.165) is 0 Å².